The van der Waals surface area contributed by atoms with E-state index in [1.807, 2.05) is 7.05 Å². The second kappa shape index (κ2) is 8.82. The van der Waals surface area contributed by atoms with Crippen molar-refractivity contribution in [3.63, 3.8) is 0 Å². The average Bonchev–Trinajstić information content (AvgIpc) is 2.47. The summed E-state index contributed by atoms with van der Waals surface area (Å²) in [7, 11) is 1.83. The number of hydrogen-bond donors (Lipinski definition) is 1. The molecule has 2 aliphatic rings. The molecule has 0 aromatic heterocycles. The van der Waals surface area contributed by atoms with Gasteiger partial charge in [0.25, 0.3) is 0 Å². The van der Waals surface area contributed by atoms with Crippen molar-refractivity contribution in [2.75, 3.05) is 33.4 Å². The molecule has 20 heavy (non-hydrogen) atoms. The summed E-state index contributed by atoms with van der Waals surface area (Å²) in [5, 5.41) is 0. The van der Waals surface area contributed by atoms with Crippen LogP contribution in [-0.4, -0.2) is 56.4 Å². The zero-order valence-electron chi connectivity index (χ0n) is 12.3. The maximum absolute atomic E-state index is 12.3. The van der Waals surface area contributed by atoms with Gasteiger partial charge in [-0.2, -0.15) is 0 Å². The molecule has 6 heteroatoms. The highest BCUT2D eigenvalue weighted by Crippen LogP contribution is 2.19. The molecule has 0 aliphatic carbocycles. The number of halogens is 1. The molecular formula is C14H27ClN2O3. The predicted octanol–water partition coefficient (Wildman–Crippen LogP) is 1.19. The lowest BCUT2D eigenvalue weighted by molar-refractivity contribution is -0.135. The maximum Gasteiger partial charge on any atom is 0.239 e. The Morgan fingerprint density at radius 2 is 1.95 bits per heavy atom. The fraction of sp³-hybridized carbons (Fsp3) is 0.929. The smallest absolute Gasteiger partial charge is 0.239 e. The van der Waals surface area contributed by atoms with E-state index in [4.69, 9.17) is 15.2 Å². The molecule has 0 bridgehead atoms. The van der Waals surface area contributed by atoms with Gasteiger partial charge in [-0.15, -0.1) is 12.4 Å². The van der Waals surface area contributed by atoms with Crippen molar-refractivity contribution in [3.8, 4) is 0 Å². The Kier molecular flexibility index (Phi) is 7.80. The van der Waals surface area contributed by atoms with Gasteiger partial charge in [0.2, 0.25) is 5.91 Å². The highest BCUT2D eigenvalue weighted by molar-refractivity contribution is 5.85. The Morgan fingerprint density at radius 1 is 1.25 bits per heavy atom. The van der Waals surface area contributed by atoms with E-state index in [0.717, 1.165) is 45.5 Å². The molecule has 0 aromatic rings. The highest BCUT2D eigenvalue weighted by Gasteiger charge is 2.29. The molecule has 2 N–H and O–H groups in total. The second-order valence-electron chi connectivity index (χ2n) is 5.68. The standard InChI is InChI=1S/C14H26N2O3.ClH/c1-16(10-12-4-2-3-7-19-12)14(17)13(15)11-5-8-18-9-6-11;/h11-13H,2-10,15H2,1H3;1H. The Balaban J connectivity index is 0.00000200. The lowest BCUT2D eigenvalue weighted by Crippen LogP contribution is -2.49. The van der Waals surface area contributed by atoms with Gasteiger partial charge in [0, 0.05) is 33.4 Å². The molecule has 1 amide bonds. The summed E-state index contributed by atoms with van der Waals surface area (Å²) in [6.07, 6.45) is 5.34. The molecule has 0 radical (unpaired) electrons. The van der Waals surface area contributed by atoms with Crippen molar-refractivity contribution in [2.45, 2.75) is 44.2 Å². The van der Waals surface area contributed by atoms with Crippen LogP contribution in [0.5, 0.6) is 0 Å². The van der Waals surface area contributed by atoms with Gasteiger partial charge >= 0.3 is 0 Å². The summed E-state index contributed by atoms with van der Waals surface area (Å²) >= 11 is 0. The normalized spacial score (nSPS) is 25.6. The van der Waals surface area contributed by atoms with Crippen molar-refractivity contribution in [1.82, 2.24) is 4.90 Å². The van der Waals surface area contributed by atoms with Crippen molar-refractivity contribution < 1.29 is 14.3 Å². The van der Waals surface area contributed by atoms with Crippen LogP contribution < -0.4 is 5.73 Å². The molecule has 2 aliphatic heterocycles. The summed E-state index contributed by atoms with van der Waals surface area (Å²) in [6.45, 7) is 2.93. The predicted molar refractivity (Wildman–Crippen MR) is 80.0 cm³/mol. The quantitative estimate of drug-likeness (QED) is 0.847. The molecule has 2 unspecified atom stereocenters. The minimum atomic E-state index is -0.391. The van der Waals surface area contributed by atoms with E-state index in [9.17, 15) is 4.79 Å². The van der Waals surface area contributed by atoms with E-state index in [-0.39, 0.29) is 30.3 Å². The SMILES string of the molecule is CN(CC1CCCCO1)C(=O)C(N)C1CCOCC1.Cl. The number of amides is 1. The minimum Gasteiger partial charge on any atom is -0.381 e. The molecule has 0 aromatic carbocycles. The van der Waals surface area contributed by atoms with Gasteiger partial charge in [-0.25, -0.2) is 0 Å². The van der Waals surface area contributed by atoms with Crippen LogP contribution in [-0.2, 0) is 14.3 Å². The summed E-state index contributed by atoms with van der Waals surface area (Å²) in [5.74, 6) is 0.303. The molecule has 118 valence electrons. The Bertz CT molecular complexity index is 292. The summed E-state index contributed by atoms with van der Waals surface area (Å²) < 4.78 is 11.0. The van der Waals surface area contributed by atoms with E-state index in [1.165, 1.54) is 6.42 Å². The van der Waals surface area contributed by atoms with E-state index in [2.05, 4.69) is 0 Å². The van der Waals surface area contributed by atoms with E-state index < -0.39 is 6.04 Å². The molecule has 2 heterocycles. The molecule has 0 saturated carbocycles. The number of carbonyl (C=O) groups excluding carboxylic acids is 1. The highest BCUT2D eigenvalue weighted by atomic mass is 35.5. The number of hydrogen-bond acceptors (Lipinski definition) is 4. The zero-order chi connectivity index (χ0) is 13.7. The lowest BCUT2D eigenvalue weighted by atomic mass is 9.91. The molecule has 5 nitrogen and oxygen atoms in total. The van der Waals surface area contributed by atoms with Gasteiger partial charge in [0.1, 0.15) is 0 Å². The van der Waals surface area contributed by atoms with E-state index in [1.54, 1.807) is 4.90 Å². The molecule has 2 rings (SSSR count). The number of nitrogens with two attached hydrogens (primary N) is 1. The summed E-state index contributed by atoms with van der Waals surface area (Å²) in [4.78, 5) is 14.1. The van der Waals surface area contributed by atoms with Crippen LogP contribution in [0.2, 0.25) is 0 Å². The van der Waals surface area contributed by atoms with Gasteiger partial charge in [-0.3, -0.25) is 4.79 Å². The number of rotatable bonds is 4. The monoisotopic (exact) mass is 306 g/mol. The first kappa shape index (κ1) is 17.7. The third kappa shape index (κ3) is 4.88. The molecular weight excluding hydrogens is 280 g/mol. The second-order valence-corrected chi connectivity index (χ2v) is 5.68. The molecule has 2 saturated heterocycles. The van der Waals surface area contributed by atoms with Gasteiger partial charge in [0.15, 0.2) is 0 Å². The van der Waals surface area contributed by atoms with Crippen molar-refractivity contribution in [2.24, 2.45) is 11.7 Å². The maximum atomic E-state index is 12.3. The van der Waals surface area contributed by atoms with Crippen molar-refractivity contribution >= 4 is 18.3 Å². The fourth-order valence-electron chi connectivity index (χ4n) is 2.88. The fourth-order valence-corrected chi connectivity index (χ4v) is 2.88. The Labute approximate surface area is 127 Å². The van der Waals surface area contributed by atoms with Crippen LogP contribution in [0.1, 0.15) is 32.1 Å². The molecule has 0 spiro atoms. The minimum absolute atomic E-state index is 0. The summed E-state index contributed by atoms with van der Waals surface area (Å²) in [6, 6.07) is -0.391. The van der Waals surface area contributed by atoms with Gasteiger partial charge < -0.3 is 20.1 Å². The van der Waals surface area contributed by atoms with Crippen LogP contribution >= 0.6 is 12.4 Å². The molecule has 2 atom stereocenters. The number of carbonyl (C=O) groups is 1. The number of nitrogens with zero attached hydrogens (tertiary/aromatic N) is 1. The van der Waals surface area contributed by atoms with Crippen LogP contribution in [0, 0.1) is 5.92 Å². The van der Waals surface area contributed by atoms with Crippen LogP contribution in [0.3, 0.4) is 0 Å². The van der Waals surface area contributed by atoms with Gasteiger partial charge in [-0.1, -0.05) is 0 Å². The third-order valence-electron chi connectivity index (χ3n) is 4.19. The van der Waals surface area contributed by atoms with Crippen LogP contribution in [0.15, 0.2) is 0 Å². The van der Waals surface area contributed by atoms with Crippen molar-refractivity contribution in [3.05, 3.63) is 0 Å². The average molecular weight is 307 g/mol. The third-order valence-corrected chi connectivity index (χ3v) is 4.19. The zero-order valence-corrected chi connectivity index (χ0v) is 13.1. The first-order valence-corrected chi connectivity index (χ1v) is 7.38. The van der Waals surface area contributed by atoms with Crippen LogP contribution in [0.4, 0.5) is 0 Å². The summed E-state index contributed by atoms with van der Waals surface area (Å²) in [5.41, 5.74) is 6.11. The Morgan fingerprint density at radius 3 is 2.55 bits per heavy atom. The van der Waals surface area contributed by atoms with Gasteiger partial charge in [-0.05, 0) is 38.0 Å². The van der Waals surface area contributed by atoms with Gasteiger partial charge in [0.05, 0.1) is 12.1 Å². The van der Waals surface area contributed by atoms with Crippen LogP contribution in [0.25, 0.3) is 0 Å². The number of likely N-dealkylation sites (N-methyl/N-ethyl adjacent to an activating group) is 1. The Hall–Kier alpha value is -0.360. The van der Waals surface area contributed by atoms with E-state index in [0.29, 0.717) is 6.54 Å². The first-order chi connectivity index (χ1) is 9.18. The first-order valence-electron chi connectivity index (χ1n) is 7.38. The lowest BCUT2D eigenvalue weighted by Gasteiger charge is -2.32. The largest absolute Gasteiger partial charge is 0.381 e. The van der Waals surface area contributed by atoms with E-state index >= 15 is 0 Å². The molecule has 2 fully saturated rings. The van der Waals surface area contributed by atoms with Crippen molar-refractivity contribution in [1.29, 1.82) is 0 Å². The topological polar surface area (TPSA) is 64.8 Å². The number of ether oxygens (including phenoxy) is 2.